The van der Waals surface area contributed by atoms with Gasteiger partial charge < -0.3 is 10.2 Å². The van der Waals surface area contributed by atoms with Crippen LogP contribution in [0.25, 0.3) is 0 Å². The van der Waals surface area contributed by atoms with E-state index in [1.807, 2.05) is 19.3 Å². The molecule has 2 atom stereocenters. The Balaban J connectivity index is 1.82. The molecule has 1 aliphatic rings. The van der Waals surface area contributed by atoms with Gasteiger partial charge in [0.05, 0.1) is 11.4 Å². The Morgan fingerprint density at radius 2 is 2.25 bits per heavy atom. The van der Waals surface area contributed by atoms with Gasteiger partial charge in [0.2, 0.25) is 0 Å². The number of aromatic nitrogens is 2. The van der Waals surface area contributed by atoms with Crippen LogP contribution in [0.2, 0.25) is 0 Å². The van der Waals surface area contributed by atoms with Crippen molar-refractivity contribution in [2.24, 2.45) is 0 Å². The molecule has 4 heteroatoms. The molecule has 4 nitrogen and oxygen atoms in total. The molecule has 0 spiro atoms. The van der Waals surface area contributed by atoms with Crippen molar-refractivity contribution < 1.29 is 0 Å². The Kier molecular flexibility index (Phi) is 3.51. The monoisotopic (exact) mass is 220 g/mol. The molecule has 0 saturated carbocycles. The van der Waals surface area contributed by atoms with Crippen molar-refractivity contribution in [3.05, 3.63) is 23.8 Å². The third-order valence-corrected chi connectivity index (χ3v) is 3.29. The molecule has 1 aliphatic heterocycles. The predicted molar refractivity (Wildman–Crippen MR) is 64.1 cm³/mol. The van der Waals surface area contributed by atoms with Gasteiger partial charge in [-0.05, 0) is 27.3 Å². The average Bonchev–Trinajstić information content (AvgIpc) is 2.58. The van der Waals surface area contributed by atoms with E-state index in [4.69, 9.17) is 0 Å². The Morgan fingerprint density at radius 3 is 2.81 bits per heavy atom. The first-order valence-electron chi connectivity index (χ1n) is 5.86. The Morgan fingerprint density at radius 1 is 1.44 bits per heavy atom. The zero-order valence-electron chi connectivity index (χ0n) is 10.3. The van der Waals surface area contributed by atoms with Crippen LogP contribution in [0.15, 0.2) is 12.4 Å². The molecule has 1 aromatic rings. The fourth-order valence-corrected chi connectivity index (χ4v) is 2.10. The highest BCUT2D eigenvalue weighted by atomic mass is 15.2. The molecule has 1 N–H and O–H groups in total. The lowest BCUT2D eigenvalue weighted by atomic mass is 10.2. The van der Waals surface area contributed by atoms with Crippen LogP contribution >= 0.6 is 0 Å². The quantitative estimate of drug-likeness (QED) is 0.824. The number of rotatable bonds is 3. The van der Waals surface area contributed by atoms with Crippen molar-refractivity contribution >= 4 is 0 Å². The predicted octanol–water partition coefficient (Wildman–Crippen LogP) is 0.967. The summed E-state index contributed by atoms with van der Waals surface area (Å²) in [6.45, 7) is 6.17. The molecule has 1 fully saturated rings. The number of nitrogens with zero attached hydrogens (tertiary/aromatic N) is 3. The zero-order chi connectivity index (χ0) is 11.5. The van der Waals surface area contributed by atoms with E-state index in [0.717, 1.165) is 24.5 Å². The van der Waals surface area contributed by atoms with E-state index in [9.17, 15) is 0 Å². The average molecular weight is 220 g/mol. The van der Waals surface area contributed by atoms with Gasteiger partial charge >= 0.3 is 0 Å². The second-order valence-electron chi connectivity index (χ2n) is 4.75. The molecule has 1 saturated heterocycles. The number of hydrogen-bond acceptors (Lipinski definition) is 4. The zero-order valence-corrected chi connectivity index (χ0v) is 10.3. The molecule has 0 aromatic carbocycles. The number of nitrogens with one attached hydrogen (secondary N) is 1. The second kappa shape index (κ2) is 4.89. The van der Waals surface area contributed by atoms with Gasteiger partial charge in [-0.15, -0.1) is 0 Å². The van der Waals surface area contributed by atoms with E-state index in [0.29, 0.717) is 12.1 Å². The van der Waals surface area contributed by atoms with Crippen LogP contribution in [0.4, 0.5) is 0 Å². The van der Waals surface area contributed by atoms with Gasteiger partial charge in [-0.1, -0.05) is 0 Å². The number of likely N-dealkylation sites (tertiary alicyclic amines) is 1. The van der Waals surface area contributed by atoms with Crippen LogP contribution in [0.1, 0.15) is 24.7 Å². The van der Waals surface area contributed by atoms with Crippen molar-refractivity contribution in [2.45, 2.75) is 38.9 Å². The summed E-state index contributed by atoms with van der Waals surface area (Å²) < 4.78 is 0. The highest BCUT2D eigenvalue weighted by Crippen LogP contribution is 2.14. The van der Waals surface area contributed by atoms with Crippen molar-refractivity contribution in [3.8, 4) is 0 Å². The van der Waals surface area contributed by atoms with E-state index in [1.165, 1.54) is 6.42 Å². The minimum Gasteiger partial charge on any atom is -0.307 e. The minimum atomic E-state index is 0.586. The maximum atomic E-state index is 4.34. The highest BCUT2D eigenvalue weighted by molar-refractivity contribution is 5.00. The number of likely N-dealkylation sites (N-methyl/N-ethyl adjacent to an activating group) is 1. The molecule has 16 heavy (non-hydrogen) atoms. The fraction of sp³-hybridized carbons (Fsp3) is 0.667. The van der Waals surface area contributed by atoms with Crippen LogP contribution in [0.5, 0.6) is 0 Å². The third-order valence-electron chi connectivity index (χ3n) is 3.29. The van der Waals surface area contributed by atoms with E-state index in [-0.39, 0.29) is 0 Å². The topological polar surface area (TPSA) is 41.1 Å². The summed E-state index contributed by atoms with van der Waals surface area (Å²) >= 11 is 0. The molecule has 2 rings (SSSR count). The molecule has 2 unspecified atom stereocenters. The third kappa shape index (κ3) is 2.77. The molecule has 0 bridgehead atoms. The number of aryl methyl sites for hydroxylation is 1. The van der Waals surface area contributed by atoms with Gasteiger partial charge in [-0.3, -0.25) is 9.97 Å². The number of hydrogen-bond donors (Lipinski definition) is 1. The summed E-state index contributed by atoms with van der Waals surface area (Å²) in [5, 5.41) is 3.53. The first-order valence-corrected chi connectivity index (χ1v) is 5.86. The molecular formula is C12H20N4. The van der Waals surface area contributed by atoms with Crippen molar-refractivity contribution in [1.82, 2.24) is 20.2 Å². The highest BCUT2D eigenvalue weighted by Gasteiger charge is 2.25. The molecule has 1 aromatic heterocycles. The largest absolute Gasteiger partial charge is 0.307 e. The van der Waals surface area contributed by atoms with Gasteiger partial charge in [0, 0.05) is 37.6 Å². The first kappa shape index (κ1) is 11.5. The summed E-state index contributed by atoms with van der Waals surface area (Å²) in [5.41, 5.74) is 1.99. The van der Waals surface area contributed by atoms with E-state index in [1.54, 1.807) is 0 Å². The van der Waals surface area contributed by atoms with Crippen LogP contribution < -0.4 is 5.32 Å². The molecule has 2 heterocycles. The standard InChI is InChI=1S/C12H20N4/c1-9-5-14-12(6-13-9)7-15-11-4-10(2)16(3)8-11/h5-6,10-11,15H,4,7-8H2,1-3H3. The van der Waals surface area contributed by atoms with Gasteiger partial charge in [0.1, 0.15) is 0 Å². The smallest absolute Gasteiger partial charge is 0.0724 e. The normalized spacial score (nSPS) is 26.2. The SMILES string of the molecule is Cc1cnc(CNC2CC(C)N(C)C2)cn1. The fourth-order valence-electron chi connectivity index (χ4n) is 2.10. The van der Waals surface area contributed by atoms with Crippen molar-refractivity contribution in [1.29, 1.82) is 0 Å². The molecule has 0 aliphatic carbocycles. The Labute approximate surface area is 97.1 Å². The summed E-state index contributed by atoms with van der Waals surface area (Å²) in [6.07, 6.45) is 4.89. The van der Waals surface area contributed by atoms with Crippen LogP contribution in [0, 0.1) is 6.92 Å². The lowest BCUT2D eigenvalue weighted by Gasteiger charge is -2.13. The van der Waals surface area contributed by atoms with Crippen molar-refractivity contribution in [3.63, 3.8) is 0 Å². The van der Waals surface area contributed by atoms with Crippen LogP contribution in [-0.2, 0) is 6.54 Å². The van der Waals surface area contributed by atoms with E-state index < -0.39 is 0 Å². The minimum absolute atomic E-state index is 0.586. The maximum Gasteiger partial charge on any atom is 0.0724 e. The summed E-state index contributed by atoms with van der Waals surface area (Å²) in [4.78, 5) is 11.0. The molecular weight excluding hydrogens is 200 g/mol. The molecule has 0 amide bonds. The van der Waals surface area contributed by atoms with Crippen LogP contribution in [0.3, 0.4) is 0 Å². The van der Waals surface area contributed by atoms with Gasteiger partial charge in [-0.25, -0.2) is 0 Å². The molecule has 0 radical (unpaired) electrons. The van der Waals surface area contributed by atoms with Gasteiger partial charge in [0.15, 0.2) is 0 Å². The van der Waals surface area contributed by atoms with Gasteiger partial charge in [-0.2, -0.15) is 0 Å². The van der Waals surface area contributed by atoms with Gasteiger partial charge in [0.25, 0.3) is 0 Å². The second-order valence-corrected chi connectivity index (χ2v) is 4.75. The first-order chi connectivity index (χ1) is 7.65. The lowest BCUT2D eigenvalue weighted by Crippen LogP contribution is -2.31. The molecule has 88 valence electrons. The Hall–Kier alpha value is -1.00. The van der Waals surface area contributed by atoms with E-state index >= 15 is 0 Å². The Bertz CT molecular complexity index is 325. The lowest BCUT2D eigenvalue weighted by molar-refractivity contribution is 0.326. The van der Waals surface area contributed by atoms with E-state index in [2.05, 4.69) is 34.2 Å². The van der Waals surface area contributed by atoms with Crippen LogP contribution in [-0.4, -0.2) is 40.5 Å². The summed E-state index contributed by atoms with van der Waals surface area (Å²) in [5.74, 6) is 0. The summed E-state index contributed by atoms with van der Waals surface area (Å²) in [7, 11) is 2.18. The van der Waals surface area contributed by atoms with Crippen molar-refractivity contribution in [2.75, 3.05) is 13.6 Å². The maximum absolute atomic E-state index is 4.34. The summed E-state index contributed by atoms with van der Waals surface area (Å²) in [6, 6.07) is 1.27.